The number of aromatic nitrogens is 4. The van der Waals surface area contributed by atoms with E-state index in [1.807, 2.05) is 6.07 Å². The van der Waals surface area contributed by atoms with Gasteiger partial charge in [-0.15, -0.1) is 11.3 Å². The summed E-state index contributed by atoms with van der Waals surface area (Å²) in [6.45, 7) is 6.36. The SMILES string of the molecule is CC(=O)NCCNC(=O)c1cnn(-c2nccc(-c3cc(C)sc3C)n2)c1C1CC1. The van der Waals surface area contributed by atoms with Crippen molar-refractivity contribution in [3.8, 4) is 17.2 Å². The minimum atomic E-state index is -0.200. The van der Waals surface area contributed by atoms with Gasteiger partial charge in [0.25, 0.3) is 11.9 Å². The third-order valence-corrected chi connectivity index (χ3v) is 5.91. The zero-order valence-corrected chi connectivity index (χ0v) is 18.0. The van der Waals surface area contributed by atoms with Gasteiger partial charge in [-0.1, -0.05) is 0 Å². The van der Waals surface area contributed by atoms with E-state index >= 15 is 0 Å². The molecular formula is C21H24N6O2S. The van der Waals surface area contributed by atoms with Crippen LogP contribution in [0, 0.1) is 13.8 Å². The number of rotatable bonds is 7. The number of aryl methyl sites for hydroxylation is 2. The Morgan fingerprint density at radius 3 is 2.67 bits per heavy atom. The van der Waals surface area contributed by atoms with E-state index in [0.717, 1.165) is 29.8 Å². The Hall–Kier alpha value is -3.07. The zero-order valence-electron chi connectivity index (χ0n) is 17.2. The van der Waals surface area contributed by atoms with Crippen LogP contribution in [0.25, 0.3) is 17.2 Å². The van der Waals surface area contributed by atoms with Gasteiger partial charge in [-0.3, -0.25) is 9.59 Å². The first-order valence-corrected chi connectivity index (χ1v) is 10.8. The van der Waals surface area contributed by atoms with Crippen molar-refractivity contribution in [3.63, 3.8) is 0 Å². The van der Waals surface area contributed by atoms with Crippen molar-refractivity contribution in [1.29, 1.82) is 0 Å². The zero-order chi connectivity index (χ0) is 21.3. The van der Waals surface area contributed by atoms with Crippen LogP contribution in [-0.2, 0) is 4.79 Å². The normalized spacial score (nSPS) is 13.3. The second-order valence-corrected chi connectivity index (χ2v) is 8.90. The highest BCUT2D eigenvalue weighted by Crippen LogP contribution is 2.42. The first-order chi connectivity index (χ1) is 14.4. The summed E-state index contributed by atoms with van der Waals surface area (Å²) in [5.74, 6) is 0.425. The molecule has 0 radical (unpaired) electrons. The molecule has 2 N–H and O–H groups in total. The monoisotopic (exact) mass is 424 g/mol. The van der Waals surface area contributed by atoms with E-state index in [9.17, 15) is 9.59 Å². The quantitative estimate of drug-likeness (QED) is 0.568. The number of carbonyl (C=O) groups excluding carboxylic acids is 2. The van der Waals surface area contributed by atoms with Crippen molar-refractivity contribution in [3.05, 3.63) is 45.5 Å². The topological polar surface area (TPSA) is 102 Å². The lowest BCUT2D eigenvalue weighted by molar-refractivity contribution is -0.118. The van der Waals surface area contributed by atoms with Crippen molar-refractivity contribution >= 4 is 23.2 Å². The summed E-state index contributed by atoms with van der Waals surface area (Å²) in [6, 6.07) is 4.03. The molecule has 0 unspecified atom stereocenters. The Kier molecular flexibility index (Phi) is 5.63. The minimum Gasteiger partial charge on any atom is -0.355 e. The molecule has 9 heteroatoms. The molecule has 1 fully saturated rings. The Balaban J connectivity index is 1.61. The highest BCUT2D eigenvalue weighted by molar-refractivity contribution is 7.12. The number of hydrogen-bond donors (Lipinski definition) is 2. The average molecular weight is 425 g/mol. The molecule has 3 aromatic heterocycles. The van der Waals surface area contributed by atoms with Gasteiger partial charge in [0.1, 0.15) is 0 Å². The van der Waals surface area contributed by atoms with Crippen LogP contribution in [0.4, 0.5) is 0 Å². The molecule has 0 spiro atoms. The Labute approximate surface area is 178 Å². The van der Waals surface area contributed by atoms with Crippen LogP contribution in [0.15, 0.2) is 24.5 Å². The highest BCUT2D eigenvalue weighted by atomic mass is 32.1. The van der Waals surface area contributed by atoms with E-state index in [2.05, 4.69) is 40.6 Å². The van der Waals surface area contributed by atoms with Gasteiger partial charge in [-0.2, -0.15) is 5.10 Å². The number of nitrogens with one attached hydrogen (secondary N) is 2. The lowest BCUT2D eigenvalue weighted by atomic mass is 10.1. The van der Waals surface area contributed by atoms with Crippen LogP contribution in [0.1, 0.15) is 51.5 Å². The van der Waals surface area contributed by atoms with Crippen LogP contribution < -0.4 is 10.6 Å². The number of hydrogen-bond acceptors (Lipinski definition) is 6. The Bertz CT molecular complexity index is 1100. The maximum Gasteiger partial charge on any atom is 0.254 e. The molecule has 1 aliphatic rings. The molecule has 30 heavy (non-hydrogen) atoms. The summed E-state index contributed by atoms with van der Waals surface area (Å²) in [5.41, 5.74) is 3.33. The molecule has 4 rings (SSSR count). The number of amides is 2. The van der Waals surface area contributed by atoms with E-state index in [0.29, 0.717) is 24.6 Å². The first kappa shape index (κ1) is 20.2. The summed E-state index contributed by atoms with van der Waals surface area (Å²) in [5, 5.41) is 9.96. The summed E-state index contributed by atoms with van der Waals surface area (Å²) >= 11 is 1.74. The fourth-order valence-electron chi connectivity index (χ4n) is 3.44. The van der Waals surface area contributed by atoms with Crippen LogP contribution in [-0.4, -0.2) is 44.7 Å². The van der Waals surface area contributed by atoms with Gasteiger partial charge in [0.15, 0.2) is 0 Å². The van der Waals surface area contributed by atoms with Crippen molar-refractivity contribution in [2.45, 2.75) is 39.5 Å². The number of thiophene rings is 1. The molecule has 0 atom stereocenters. The van der Waals surface area contributed by atoms with Crippen LogP contribution in [0.3, 0.4) is 0 Å². The molecule has 2 amide bonds. The molecule has 3 aromatic rings. The van der Waals surface area contributed by atoms with Gasteiger partial charge < -0.3 is 10.6 Å². The number of nitrogens with zero attached hydrogens (tertiary/aromatic N) is 4. The van der Waals surface area contributed by atoms with Crippen molar-refractivity contribution in [1.82, 2.24) is 30.4 Å². The first-order valence-electron chi connectivity index (χ1n) is 9.95. The molecule has 0 aromatic carbocycles. The Morgan fingerprint density at radius 2 is 2.00 bits per heavy atom. The second-order valence-electron chi connectivity index (χ2n) is 7.44. The summed E-state index contributed by atoms with van der Waals surface area (Å²) in [4.78, 5) is 35.3. The van der Waals surface area contributed by atoms with E-state index < -0.39 is 0 Å². The molecule has 1 saturated carbocycles. The van der Waals surface area contributed by atoms with E-state index in [1.165, 1.54) is 16.7 Å². The third kappa shape index (κ3) is 4.25. The van der Waals surface area contributed by atoms with Gasteiger partial charge in [-0.05, 0) is 38.8 Å². The smallest absolute Gasteiger partial charge is 0.254 e. The van der Waals surface area contributed by atoms with Crippen LogP contribution in [0.5, 0.6) is 0 Å². The highest BCUT2D eigenvalue weighted by Gasteiger charge is 2.33. The summed E-state index contributed by atoms with van der Waals surface area (Å²) in [7, 11) is 0. The van der Waals surface area contributed by atoms with Gasteiger partial charge in [0, 0.05) is 47.4 Å². The van der Waals surface area contributed by atoms with Crippen LogP contribution >= 0.6 is 11.3 Å². The van der Waals surface area contributed by atoms with Crippen molar-refractivity contribution in [2.75, 3.05) is 13.1 Å². The van der Waals surface area contributed by atoms with Gasteiger partial charge in [-0.25, -0.2) is 14.6 Å². The Morgan fingerprint density at radius 1 is 1.23 bits per heavy atom. The van der Waals surface area contributed by atoms with Gasteiger partial charge in [0.2, 0.25) is 5.91 Å². The molecule has 0 aliphatic heterocycles. The molecule has 0 bridgehead atoms. The fraction of sp³-hybridized carbons (Fsp3) is 0.381. The minimum absolute atomic E-state index is 0.121. The molecule has 156 valence electrons. The molecule has 8 nitrogen and oxygen atoms in total. The van der Waals surface area contributed by atoms with Gasteiger partial charge >= 0.3 is 0 Å². The van der Waals surface area contributed by atoms with Crippen molar-refractivity contribution < 1.29 is 9.59 Å². The molecular weight excluding hydrogens is 400 g/mol. The predicted molar refractivity (Wildman–Crippen MR) is 115 cm³/mol. The maximum atomic E-state index is 12.7. The van der Waals surface area contributed by atoms with E-state index in [1.54, 1.807) is 28.4 Å². The van der Waals surface area contributed by atoms with Crippen LogP contribution in [0.2, 0.25) is 0 Å². The van der Waals surface area contributed by atoms with Gasteiger partial charge in [0.05, 0.1) is 23.1 Å². The molecule has 0 saturated heterocycles. The van der Waals surface area contributed by atoms with E-state index in [-0.39, 0.29) is 17.7 Å². The fourth-order valence-corrected chi connectivity index (χ4v) is 4.37. The lowest BCUT2D eigenvalue weighted by Gasteiger charge is -2.09. The standard InChI is InChI=1S/C21H24N6O2S/c1-12-10-16(13(2)30-12)18-6-7-24-21(26-18)27-19(15-4-5-15)17(11-25-27)20(29)23-9-8-22-14(3)28/h6-7,10-11,15H,4-5,8-9H2,1-3H3,(H,22,28)(H,23,29). The third-order valence-electron chi connectivity index (χ3n) is 4.95. The maximum absolute atomic E-state index is 12.7. The lowest BCUT2D eigenvalue weighted by Crippen LogP contribution is -2.33. The van der Waals surface area contributed by atoms with Crippen molar-refractivity contribution in [2.24, 2.45) is 0 Å². The average Bonchev–Trinajstić information content (AvgIpc) is 3.36. The molecule has 3 heterocycles. The summed E-state index contributed by atoms with van der Waals surface area (Å²) < 4.78 is 1.69. The largest absolute Gasteiger partial charge is 0.355 e. The van der Waals surface area contributed by atoms with E-state index in [4.69, 9.17) is 4.98 Å². The number of carbonyl (C=O) groups is 2. The second kappa shape index (κ2) is 8.35. The summed E-state index contributed by atoms with van der Waals surface area (Å²) in [6.07, 6.45) is 5.34. The molecule has 1 aliphatic carbocycles. The predicted octanol–water partition coefficient (Wildman–Crippen LogP) is 2.75.